The summed E-state index contributed by atoms with van der Waals surface area (Å²) in [4.78, 5) is 12.3. The van der Waals surface area contributed by atoms with Crippen LogP contribution in [0.15, 0.2) is 73.2 Å². The van der Waals surface area contributed by atoms with E-state index in [0.29, 0.717) is 16.7 Å². The topological polar surface area (TPSA) is 86.0 Å². The highest BCUT2D eigenvalue weighted by Crippen LogP contribution is 2.27. The summed E-state index contributed by atoms with van der Waals surface area (Å²) >= 11 is 0. The second-order valence-electron chi connectivity index (χ2n) is 5.95. The lowest BCUT2D eigenvalue weighted by Crippen LogP contribution is -1.93. The summed E-state index contributed by atoms with van der Waals surface area (Å²) in [6.45, 7) is 0. The van der Waals surface area contributed by atoms with Gasteiger partial charge in [-0.25, -0.2) is 4.68 Å². The van der Waals surface area contributed by atoms with Gasteiger partial charge in [0.25, 0.3) is 0 Å². The summed E-state index contributed by atoms with van der Waals surface area (Å²) < 4.78 is 7.56. The highest BCUT2D eigenvalue weighted by molar-refractivity contribution is 5.82. The van der Waals surface area contributed by atoms with Crippen LogP contribution < -0.4 is 4.74 Å². The molecule has 0 aliphatic heterocycles. The Bertz CT molecular complexity index is 1270. The zero-order chi connectivity index (χ0) is 18.2. The standard InChI is InChI=1S/C20H13N5O2/c26-19-16-8-9-21-11-18(16)22-20(23-19)27-15-6-7-17-13(10-15)12-25(24-17)14-4-2-1-3-5-14/h1-12H,(H,22,23,26). The molecule has 7 heteroatoms. The lowest BCUT2D eigenvalue weighted by molar-refractivity contribution is 0.412. The molecule has 1 N–H and O–H groups in total. The summed E-state index contributed by atoms with van der Waals surface area (Å²) in [5.41, 5.74) is 2.34. The molecule has 27 heavy (non-hydrogen) atoms. The fraction of sp³-hybridized carbons (Fsp3) is 0. The number of aromatic nitrogens is 5. The van der Waals surface area contributed by atoms with Crippen LogP contribution >= 0.6 is 0 Å². The molecule has 0 radical (unpaired) electrons. The van der Waals surface area contributed by atoms with Gasteiger partial charge in [0.2, 0.25) is 5.88 Å². The van der Waals surface area contributed by atoms with Crippen molar-refractivity contribution in [2.45, 2.75) is 0 Å². The van der Waals surface area contributed by atoms with Gasteiger partial charge in [-0.15, -0.1) is 0 Å². The highest BCUT2D eigenvalue weighted by Gasteiger charge is 2.10. The van der Waals surface area contributed by atoms with Gasteiger partial charge in [-0.1, -0.05) is 18.2 Å². The summed E-state index contributed by atoms with van der Waals surface area (Å²) in [6, 6.07) is 17.1. The van der Waals surface area contributed by atoms with Crippen LogP contribution in [0.3, 0.4) is 0 Å². The van der Waals surface area contributed by atoms with Crippen LogP contribution in [0.25, 0.3) is 27.5 Å². The fourth-order valence-corrected chi connectivity index (χ4v) is 2.87. The predicted octanol–water partition coefficient (Wildman–Crippen LogP) is 3.86. The molecule has 3 heterocycles. The van der Waals surface area contributed by atoms with Crippen molar-refractivity contribution in [3.8, 4) is 23.3 Å². The second-order valence-corrected chi connectivity index (χ2v) is 5.95. The first-order chi connectivity index (χ1) is 13.3. The molecule has 130 valence electrons. The lowest BCUT2D eigenvalue weighted by atomic mass is 10.2. The van der Waals surface area contributed by atoms with E-state index in [0.717, 1.165) is 16.6 Å². The third-order valence-corrected chi connectivity index (χ3v) is 4.16. The van der Waals surface area contributed by atoms with Crippen molar-refractivity contribution >= 4 is 21.8 Å². The van der Waals surface area contributed by atoms with E-state index in [-0.39, 0.29) is 11.9 Å². The van der Waals surface area contributed by atoms with E-state index in [9.17, 15) is 5.11 Å². The molecule has 0 saturated heterocycles. The first kappa shape index (κ1) is 15.3. The molecular weight excluding hydrogens is 342 g/mol. The minimum Gasteiger partial charge on any atom is -0.493 e. The van der Waals surface area contributed by atoms with E-state index >= 15 is 0 Å². The van der Waals surface area contributed by atoms with Gasteiger partial charge in [-0.05, 0) is 36.4 Å². The Morgan fingerprint density at radius 2 is 1.81 bits per heavy atom. The molecule has 0 aliphatic rings. The van der Waals surface area contributed by atoms with Crippen LogP contribution in [-0.2, 0) is 0 Å². The van der Waals surface area contributed by atoms with Crippen LogP contribution in [0.4, 0.5) is 0 Å². The number of ether oxygens (including phenoxy) is 1. The molecule has 0 unspecified atom stereocenters. The smallest absolute Gasteiger partial charge is 0.325 e. The Morgan fingerprint density at radius 1 is 0.926 bits per heavy atom. The number of nitrogens with zero attached hydrogens (tertiary/aromatic N) is 5. The zero-order valence-corrected chi connectivity index (χ0v) is 14.0. The molecule has 0 saturated carbocycles. The number of pyridine rings is 1. The average Bonchev–Trinajstić information content (AvgIpc) is 3.12. The predicted molar refractivity (Wildman–Crippen MR) is 100 cm³/mol. The van der Waals surface area contributed by atoms with Gasteiger partial charge in [0.05, 0.1) is 28.3 Å². The van der Waals surface area contributed by atoms with E-state index in [1.54, 1.807) is 24.5 Å². The number of fused-ring (bicyclic) bond motifs is 2. The van der Waals surface area contributed by atoms with Gasteiger partial charge in [-0.3, -0.25) is 4.98 Å². The molecule has 0 bridgehead atoms. The molecule has 7 nitrogen and oxygen atoms in total. The third-order valence-electron chi connectivity index (χ3n) is 4.16. The minimum atomic E-state index is -0.143. The van der Waals surface area contributed by atoms with E-state index in [2.05, 4.69) is 20.1 Å². The number of benzene rings is 2. The number of para-hydroxylation sites is 1. The number of hydrogen-bond acceptors (Lipinski definition) is 6. The van der Waals surface area contributed by atoms with Crippen LogP contribution in [0.5, 0.6) is 17.6 Å². The quantitative estimate of drug-likeness (QED) is 0.529. The first-order valence-electron chi connectivity index (χ1n) is 8.30. The highest BCUT2D eigenvalue weighted by atomic mass is 16.5. The van der Waals surface area contributed by atoms with Crippen molar-refractivity contribution in [1.29, 1.82) is 0 Å². The van der Waals surface area contributed by atoms with Gasteiger partial charge >= 0.3 is 6.01 Å². The van der Waals surface area contributed by atoms with Crippen LogP contribution in [0.1, 0.15) is 0 Å². The number of hydrogen-bond donors (Lipinski definition) is 1. The molecule has 5 aromatic rings. The molecule has 3 aromatic heterocycles. The fourth-order valence-electron chi connectivity index (χ4n) is 2.87. The summed E-state index contributed by atoms with van der Waals surface area (Å²) in [6.07, 6.45) is 5.06. The van der Waals surface area contributed by atoms with Gasteiger partial charge in [0.15, 0.2) is 0 Å². The first-order valence-corrected chi connectivity index (χ1v) is 8.30. The van der Waals surface area contributed by atoms with E-state index < -0.39 is 0 Å². The Hall–Kier alpha value is -4.00. The average molecular weight is 355 g/mol. The number of rotatable bonds is 3. The van der Waals surface area contributed by atoms with Crippen molar-refractivity contribution in [3.63, 3.8) is 0 Å². The second kappa shape index (κ2) is 6.06. The summed E-state index contributed by atoms with van der Waals surface area (Å²) in [7, 11) is 0. The van der Waals surface area contributed by atoms with E-state index in [4.69, 9.17) is 4.74 Å². The largest absolute Gasteiger partial charge is 0.493 e. The van der Waals surface area contributed by atoms with E-state index in [1.807, 2.05) is 53.3 Å². The molecule has 0 aliphatic carbocycles. The summed E-state index contributed by atoms with van der Waals surface area (Å²) in [5, 5.41) is 16.1. The Morgan fingerprint density at radius 3 is 2.70 bits per heavy atom. The molecule has 0 spiro atoms. The molecule has 0 atom stereocenters. The maximum absolute atomic E-state index is 10.1. The van der Waals surface area contributed by atoms with E-state index in [1.165, 1.54) is 0 Å². The van der Waals surface area contributed by atoms with Crippen LogP contribution in [-0.4, -0.2) is 29.8 Å². The Labute approximate surface area is 153 Å². The maximum Gasteiger partial charge on any atom is 0.325 e. The van der Waals surface area contributed by atoms with Crippen molar-refractivity contribution in [2.24, 2.45) is 0 Å². The number of aromatic hydroxyl groups is 1. The Balaban J connectivity index is 1.50. The van der Waals surface area contributed by atoms with Gasteiger partial charge in [0.1, 0.15) is 5.75 Å². The molecule has 2 aromatic carbocycles. The van der Waals surface area contributed by atoms with Crippen LogP contribution in [0.2, 0.25) is 0 Å². The lowest BCUT2D eigenvalue weighted by Gasteiger charge is -2.05. The normalized spacial score (nSPS) is 11.1. The van der Waals surface area contributed by atoms with Crippen LogP contribution in [0, 0.1) is 0 Å². The third kappa shape index (κ3) is 2.81. The SMILES string of the molecule is Oc1nc(Oc2ccc3nn(-c4ccccc4)cc3c2)nc2cnccc12. The molecule has 0 amide bonds. The molecular formula is C20H13N5O2. The van der Waals surface area contributed by atoms with Gasteiger partial charge in [0, 0.05) is 17.8 Å². The van der Waals surface area contributed by atoms with Crippen molar-refractivity contribution in [1.82, 2.24) is 24.7 Å². The zero-order valence-electron chi connectivity index (χ0n) is 14.0. The van der Waals surface area contributed by atoms with Gasteiger partial charge in [-0.2, -0.15) is 15.1 Å². The monoisotopic (exact) mass is 355 g/mol. The molecule has 5 rings (SSSR count). The minimum absolute atomic E-state index is 0.0581. The van der Waals surface area contributed by atoms with Crippen molar-refractivity contribution < 1.29 is 9.84 Å². The molecule has 0 fully saturated rings. The summed E-state index contributed by atoms with van der Waals surface area (Å²) in [5.74, 6) is 0.410. The maximum atomic E-state index is 10.1. The van der Waals surface area contributed by atoms with Gasteiger partial charge < -0.3 is 9.84 Å². The van der Waals surface area contributed by atoms with Crippen molar-refractivity contribution in [2.75, 3.05) is 0 Å². The Kier molecular flexibility index (Phi) is 3.43. The van der Waals surface area contributed by atoms with Crippen molar-refractivity contribution in [3.05, 3.63) is 73.2 Å².